The number of aliphatic imine (C=N–C) groups is 1. The number of hydrogen-bond acceptors (Lipinski definition) is 1. The third kappa shape index (κ3) is 3.15. The van der Waals surface area contributed by atoms with Gasteiger partial charge in [-0.1, -0.05) is 31.4 Å². The predicted molar refractivity (Wildman–Crippen MR) is 56.4 cm³/mol. The normalized spacial score (nSPS) is 13.5. The highest BCUT2D eigenvalue weighted by atomic mass is 14.7. The van der Waals surface area contributed by atoms with E-state index in [1.54, 1.807) is 18.4 Å². The standard InChI is InChI=1S/C11H15N/c1-5-9-11(12-8-4)10(6-2)7-3/h5-9H,1-2H2,3-4H3/b10-7-,11-9+,12-8?. The van der Waals surface area contributed by atoms with Gasteiger partial charge in [0.25, 0.3) is 0 Å². The summed E-state index contributed by atoms with van der Waals surface area (Å²) in [6.45, 7) is 11.2. The van der Waals surface area contributed by atoms with Crippen LogP contribution in [0.15, 0.2) is 53.7 Å². The second-order valence-corrected chi connectivity index (χ2v) is 2.12. The fraction of sp³-hybridized carbons (Fsp3) is 0.182. The van der Waals surface area contributed by atoms with Crippen molar-refractivity contribution in [2.24, 2.45) is 4.99 Å². The van der Waals surface area contributed by atoms with Crippen LogP contribution < -0.4 is 0 Å². The lowest BCUT2D eigenvalue weighted by molar-refractivity contribution is 1.34. The molecule has 0 saturated carbocycles. The van der Waals surface area contributed by atoms with Crippen molar-refractivity contribution in [3.05, 3.63) is 48.7 Å². The lowest BCUT2D eigenvalue weighted by Crippen LogP contribution is -1.82. The van der Waals surface area contributed by atoms with E-state index >= 15 is 0 Å². The first kappa shape index (κ1) is 10.6. The molecule has 1 nitrogen and oxygen atoms in total. The third-order valence-electron chi connectivity index (χ3n) is 1.37. The average molecular weight is 161 g/mol. The maximum absolute atomic E-state index is 4.18. The zero-order chi connectivity index (χ0) is 9.40. The van der Waals surface area contributed by atoms with Crippen LogP contribution in [0.1, 0.15) is 13.8 Å². The molecule has 0 aromatic heterocycles. The van der Waals surface area contributed by atoms with Gasteiger partial charge in [-0.25, -0.2) is 0 Å². The Morgan fingerprint density at radius 3 is 2.25 bits per heavy atom. The second-order valence-electron chi connectivity index (χ2n) is 2.12. The molecule has 0 heterocycles. The molecule has 0 aromatic rings. The number of rotatable bonds is 4. The van der Waals surface area contributed by atoms with Gasteiger partial charge in [-0.3, -0.25) is 4.99 Å². The van der Waals surface area contributed by atoms with Crippen molar-refractivity contribution in [2.45, 2.75) is 13.8 Å². The van der Waals surface area contributed by atoms with E-state index in [1.807, 2.05) is 26.0 Å². The summed E-state index contributed by atoms with van der Waals surface area (Å²) in [6.07, 6.45) is 9.08. The molecular formula is C11H15N. The maximum Gasteiger partial charge on any atom is 0.0694 e. The summed E-state index contributed by atoms with van der Waals surface area (Å²) < 4.78 is 0. The van der Waals surface area contributed by atoms with Gasteiger partial charge >= 0.3 is 0 Å². The lowest BCUT2D eigenvalue weighted by atomic mass is 10.2. The van der Waals surface area contributed by atoms with Crippen LogP contribution in [0, 0.1) is 0 Å². The molecule has 0 aromatic carbocycles. The average Bonchev–Trinajstić information content (AvgIpc) is 2.07. The molecule has 0 unspecified atom stereocenters. The molecule has 0 bridgehead atoms. The molecule has 0 rings (SSSR count). The summed E-state index contributed by atoms with van der Waals surface area (Å²) in [5.41, 5.74) is 1.91. The van der Waals surface area contributed by atoms with Crippen molar-refractivity contribution in [3.8, 4) is 0 Å². The highest BCUT2D eigenvalue weighted by molar-refractivity contribution is 5.58. The van der Waals surface area contributed by atoms with E-state index in [2.05, 4.69) is 18.2 Å². The molecule has 0 aliphatic carbocycles. The summed E-state index contributed by atoms with van der Waals surface area (Å²) in [6, 6.07) is 0. The van der Waals surface area contributed by atoms with Crippen LogP contribution in [0.25, 0.3) is 0 Å². The molecule has 0 amide bonds. The highest BCUT2D eigenvalue weighted by Crippen LogP contribution is 2.11. The van der Waals surface area contributed by atoms with Crippen LogP contribution in [0.4, 0.5) is 0 Å². The maximum atomic E-state index is 4.18. The Labute approximate surface area is 74.5 Å². The van der Waals surface area contributed by atoms with Gasteiger partial charge in [0.15, 0.2) is 0 Å². The zero-order valence-electron chi connectivity index (χ0n) is 7.75. The SMILES string of the molecule is C=C/C=C(N=CC)\C(C=C)=C/C. The highest BCUT2D eigenvalue weighted by Gasteiger charge is 1.94. The Kier molecular flexibility index (Phi) is 5.62. The van der Waals surface area contributed by atoms with Crippen molar-refractivity contribution < 1.29 is 0 Å². The van der Waals surface area contributed by atoms with Gasteiger partial charge in [-0.15, -0.1) is 0 Å². The zero-order valence-corrected chi connectivity index (χ0v) is 7.75. The molecule has 12 heavy (non-hydrogen) atoms. The van der Waals surface area contributed by atoms with Gasteiger partial charge in [-0.2, -0.15) is 0 Å². The van der Waals surface area contributed by atoms with E-state index in [-0.39, 0.29) is 0 Å². The summed E-state index contributed by atoms with van der Waals surface area (Å²) in [4.78, 5) is 4.18. The topological polar surface area (TPSA) is 12.4 Å². The third-order valence-corrected chi connectivity index (χ3v) is 1.37. The van der Waals surface area contributed by atoms with Crippen LogP contribution in [0.5, 0.6) is 0 Å². The van der Waals surface area contributed by atoms with Crippen LogP contribution in [-0.2, 0) is 0 Å². The first-order valence-electron chi connectivity index (χ1n) is 3.90. The van der Waals surface area contributed by atoms with Gasteiger partial charge in [0.05, 0.1) is 5.70 Å². The smallest absolute Gasteiger partial charge is 0.0694 e. The van der Waals surface area contributed by atoms with Crippen molar-refractivity contribution >= 4 is 6.21 Å². The minimum Gasteiger partial charge on any atom is -0.261 e. The summed E-state index contributed by atoms with van der Waals surface area (Å²) in [5, 5.41) is 0. The van der Waals surface area contributed by atoms with Gasteiger partial charge in [0.1, 0.15) is 0 Å². The van der Waals surface area contributed by atoms with Crippen LogP contribution in [0.2, 0.25) is 0 Å². The molecule has 0 fully saturated rings. The van der Waals surface area contributed by atoms with Crippen LogP contribution in [0.3, 0.4) is 0 Å². The van der Waals surface area contributed by atoms with E-state index in [1.165, 1.54) is 0 Å². The Bertz CT molecular complexity index is 242. The molecule has 0 radical (unpaired) electrons. The molecule has 1 heteroatoms. The van der Waals surface area contributed by atoms with E-state index < -0.39 is 0 Å². The van der Waals surface area contributed by atoms with Crippen molar-refractivity contribution in [3.63, 3.8) is 0 Å². The van der Waals surface area contributed by atoms with Gasteiger partial charge in [0.2, 0.25) is 0 Å². The summed E-state index contributed by atoms with van der Waals surface area (Å²) in [5.74, 6) is 0. The number of allylic oxidation sites excluding steroid dienone is 4. The first-order chi connectivity index (χ1) is 5.79. The number of nitrogens with zero attached hydrogens (tertiary/aromatic N) is 1. The Morgan fingerprint density at radius 2 is 1.92 bits per heavy atom. The predicted octanol–water partition coefficient (Wildman–Crippen LogP) is 3.28. The molecule has 0 aliphatic heterocycles. The van der Waals surface area contributed by atoms with E-state index in [0.29, 0.717) is 0 Å². The van der Waals surface area contributed by atoms with Gasteiger partial charge in [-0.05, 0) is 25.5 Å². The molecule has 64 valence electrons. The fourth-order valence-corrected chi connectivity index (χ4v) is 0.835. The second kappa shape index (κ2) is 6.35. The first-order valence-corrected chi connectivity index (χ1v) is 3.90. The van der Waals surface area contributed by atoms with Gasteiger partial charge in [0, 0.05) is 6.21 Å². The minimum atomic E-state index is 0.894. The monoisotopic (exact) mass is 161 g/mol. The molecule has 0 N–H and O–H groups in total. The van der Waals surface area contributed by atoms with E-state index in [4.69, 9.17) is 0 Å². The molecule has 0 saturated heterocycles. The van der Waals surface area contributed by atoms with Crippen molar-refractivity contribution in [2.75, 3.05) is 0 Å². The molecule has 0 aliphatic rings. The summed E-state index contributed by atoms with van der Waals surface area (Å²) in [7, 11) is 0. The van der Waals surface area contributed by atoms with Crippen molar-refractivity contribution in [1.82, 2.24) is 0 Å². The van der Waals surface area contributed by atoms with E-state index in [9.17, 15) is 0 Å². The quantitative estimate of drug-likeness (QED) is 0.443. The molecule has 0 atom stereocenters. The van der Waals surface area contributed by atoms with Gasteiger partial charge < -0.3 is 0 Å². The largest absolute Gasteiger partial charge is 0.261 e. The molecular weight excluding hydrogens is 146 g/mol. The summed E-state index contributed by atoms with van der Waals surface area (Å²) >= 11 is 0. The Balaban J connectivity index is 4.84. The Hall–Kier alpha value is -1.37. The van der Waals surface area contributed by atoms with Crippen molar-refractivity contribution in [1.29, 1.82) is 0 Å². The van der Waals surface area contributed by atoms with Crippen LogP contribution in [-0.4, -0.2) is 6.21 Å². The fourth-order valence-electron chi connectivity index (χ4n) is 0.835. The minimum absolute atomic E-state index is 0.894. The molecule has 0 spiro atoms. The Morgan fingerprint density at radius 1 is 1.25 bits per heavy atom. The van der Waals surface area contributed by atoms with E-state index in [0.717, 1.165) is 11.3 Å². The lowest BCUT2D eigenvalue weighted by Gasteiger charge is -1.99. The van der Waals surface area contributed by atoms with Crippen LogP contribution >= 0.6 is 0 Å². The number of hydrogen-bond donors (Lipinski definition) is 0.